The van der Waals surface area contributed by atoms with E-state index >= 15 is 0 Å². The molecule has 0 aliphatic heterocycles. The number of carbonyl (C=O) groups is 1. The number of anilines is 1. The number of methoxy groups -OCH3 is 3. The number of aryl methyl sites for hydroxylation is 2. The van der Waals surface area contributed by atoms with Crippen LogP contribution in [0.1, 0.15) is 29.5 Å². The van der Waals surface area contributed by atoms with Gasteiger partial charge in [-0.15, -0.1) is 11.3 Å². The highest BCUT2D eigenvalue weighted by Gasteiger charge is 2.16. The molecule has 1 amide bonds. The van der Waals surface area contributed by atoms with Crippen LogP contribution in [0, 0.1) is 0 Å². The maximum atomic E-state index is 12.6. The Kier molecular flexibility index (Phi) is 6.42. The molecule has 0 bridgehead atoms. The maximum Gasteiger partial charge on any atom is 0.230 e. The van der Waals surface area contributed by atoms with E-state index in [0.717, 1.165) is 29.7 Å². The molecule has 0 fully saturated rings. The second-order valence-corrected chi connectivity index (χ2v) is 8.35. The van der Waals surface area contributed by atoms with Crippen LogP contribution in [0.15, 0.2) is 35.7 Å². The van der Waals surface area contributed by atoms with Crippen molar-refractivity contribution in [2.75, 3.05) is 26.6 Å². The lowest BCUT2D eigenvalue weighted by Crippen LogP contribution is -2.14. The van der Waals surface area contributed by atoms with Gasteiger partial charge < -0.3 is 19.5 Å². The molecule has 1 N–H and O–H groups in total. The normalized spacial score (nSPS) is 12.7. The smallest absolute Gasteiger partial charge is 0.230 e. The zero-order chi connectivity index (χ0) is 21.8. The molecule has 6 nitrogen and oxygen atoms in total. The van der Waals surface area contributed by atoms with Crippen LogP contribution in [0.25, 0.3) is 11.3 Å². The Bertz CT molecular complexity index is 1070. The summed E-state index contributed by atoms with van der Waals surface area (Å²) in [6, 6.07) is 10.1. The van der Waals surface area contributed by atoms with Crippen LogP contribution >= 0.6 is 11.3 Å². The summed E-state index contributed by atoms with van der Waals surface area (Å²) in [4.78, 5) is 17.2. The molecule has 0 saturated heterocycles. The number of thiazole rings is 1. The first-order chi connectivity index (χ1) is 15.1. The van der Waals surface area contributed by atoms with Gasteiger partial charge in [-0.2, -0.15) is 0 Å². The first kappa shape index (κ1) is 21.2. The molecule has 3 aromatic rings. The lowest BCUT2D eigenvalue weighted by Gasteiger charge is -2.16. The Morgan fingerprint density at radius 1 is 1.00 bits per heavy atom. The molecule has 162 valence electrons. The Hall–Kier alpha value is -3.06. The highest BCUT2D eigenvalue weighted by atomic mass is 32.1. The van der Waals surface area contributed by atoms with Gasteiger partial charge in [-0.05, 0) is 60.6 Å². The number of rotatable bonds is 7. The summed E-state index contributed by atoms with van der Waals surface area (Å²) >= 11 is 1.43. The van der Waals surface area contributed by atoms with Crippen molar-refractivity contribution in [2.45, 2.75) is 32.1 Å². The number of hydrogen-bond acceptors (Lipinski definition) is 6. The fourth-order valence-corrected chi connectivity index (χ4v) is 4.68. The molecule has 0 unspecified atom stereocenters. The fraction of sp³-hybridized carbons (Fsp3) is 0.333. The van der Waals surface area contributed by atoms with Crippen molar-refractivity contribution < 1.29 is 19.0 Å². The van der Waals surface area contributed by atoms with Crippen LogP contribution in [0.2, 0.25) is 0 Å². The van der Waals surface area contributed by atoms with E-state index in [1.54, 1.807) is 33.5 Å². The average molecular weight is 439 g/mol. The Morgan fingerprint density at radius 3 is 2.39 bits per heavy atom. The average Bonchev–Trinajstić information content (AvgIpc) is 3.26. The van der Waals surface area contributed by atoms with Crippen molar-refractivity contribution in [3.63, 3.8) is 0 Å². The number of nitrogens with zero attached hydrogens (tertiary/aromatic N) is 1. The number of benzene rings is 2. The lowest BCUT2D eigenvalue weighted by molar-refractivity contribution is -0.115. The Morgan fingerprint density at radius 2 is 1.71 bits per heavy atom. The minimum absolute atomic E-state index is 0.152. The number of nitrogens with one attached hydrogen (secondary N) is 1. The summed E-state index contributed by atoms with van der Waals surface area (Å²) in [6.07, 6.45) is 4.98. The summed E-state index contributed by atoms with van der Waals surface area (Å²) in [5.74, 6) is 1.39. The third-order valence-electron chi connectivity index (χ3n) is 5.48. The summed E-state index contributed by atoms with van der Waals surface area (Å²) in [6.45, 7) is 0. The predicted octanol–water partition coefficient (Wildman–Crippen LogP) is 4.90. The van der Waals surface area contributed by atoms with E-state index in [2.05, 4.69) is 28.5 Å². The summed E-state index contributed by atoms with van der Waals surface area (Å²) in [7, 11) is 4.66. The van der Waals surface area contributed by atoms with Crippen LogP contribution in [0.3, 0.4) is 0 Å². The third kappa shape index (κ3) is 4.66. The summed E-state index contributed by atoms with van der Waals surface area (Å²) < 4.78 is 16.1. The zero-order valence-corrected chi connectivity index (χ0v) is 18.8. The van der Waals surface area contributed by atoms with Crippen molar-refractivity contribution in [1.29, 1.82) is 0 Å². The molecule has 0 spiro atoms. The topological polar surface area (TPSA) is 69.7 Å². The number of aromatic nitrogens is 1. The van der Waals surface area contributed by atoms with Crippen molar-refractivity contribution in [3.8, 4) is 28.5 Å². The molecular formula is C24H26N2O4S. The molecule has 7 heteroatoms. The SMILES string of the molecule is COc1cc(CC(=O)Nc2nc(-c3ccc4c(c3)CCCC4)cs2)cc(OC)c1OC. The van der Waals surface area contributed by atoms with E-state index in [9.17, 15) is 4.79 Å². The third-order valence-corrected chi connectivity index (χ3v) is 6.24. The molecule has 1 aliphatic rings. The molecule has 1 aliphatic carbocycles. The van der Waals surface area contributed by atoms with Gasteiger partial charge in [-0.3, -0.25) is 4.79 Å². The van der Waals surface area contributed by atoms with Gasteiger partial charge in [0.1, 0.15) is 0 Å². The second kappa shape index (κ2) is 9.39. The molecule has 31 heavy (non-hydrogen) atoms. The summed E-state index contributed by atoms with van der Waals surface area (Å²) in [5, 5.41) is 5.48. The number of hydrogen-bond donors (Lipinski definition) is 1. The first-order valence-corrected chi connectivity index (χ1v) is 11.2. The lowest BCUT2D eigenvalue weighted by atomic mass is 9.90. The molecular weight excluding hydrogens is 412 g/mol. The van der Waals surface area contributed by atoms with E-state index in [1.807, 2.05) is 5.38 Å². The minimum atomic E-state index is -0.152. The van der Waals surface area contributed by atoms with E-state index in [1.165, 1.54) is 35.3 Å². The van der Waals surface area contributed by atoms with Crippen LogP contribution in [0.4, 0.5) is 5.13 Å². The molecule has 0 saturated carbocycles. The van der Waals surface area contributed by atoms with E-state index in [4.69, 9.17) is 14.2 Å². The van der Waals surface area contributed by atoms with Gasteiger partial charge in [0.2, 0.25) is 11.7 Å². The second-order valence-electron chi connectivity index (χ2n) is 7.49. The molecule has 1 heterocycles. The standard InChI is InChI=1S/C24H26N2O4S/c1-28-20-10-15(11-21(29-2)23(20)30-3)12-22(27)26-24-25-19(14-31-24)18-9-8-16-6-4-5-7-17(16)13-18/h8-11,13-14H,4-7,12H2,1-3H3,(H,25,26,27). The predicted molar refractivity (Wildman–Crippen MR) is 123 cm³/mol. The first-order valence-electron chi connectivity index (χ1n) is 10.3. The van der Waals surface area contributed by atoms with Crippen LogP contribution < -0.4 is 19.5 Å². The van der Waals surface area contributed by atoms with E-state index < -0.39 is 0 Å². The van der Waals surface area contributed by atoms with Gasteiger partial charge in [0.05, 0.1) is 33.4 Å². The van der Waals surface area contributed by atoms with Gasteiger partial charge in [-0.25, -0.2) is 4.98 Å². The van der Waals surface area contributed by atoms with E-state index in [-0.39, 0.29) is 12.3 Å². The highest BCUT2D eigenvalue weighted by molar-refractivity contribution is 7.14. The number of fused-ring (bicyclic) bond motifs is 1. The maximum absolute atomic E-state index is 12.6. The highest BCUT2D eigenvalue weighted by Crippen LogP contribution is 2.38. The van der Waals surface area contributed by atoms with Crippen molar-refractivity contribution in [1.82, 2.24) is 4.98 Å². The van der Waals surface area contributed by atoms with Gasteiger partial charge in [-0.1, -0.05) is 12.1 Å². The quantitative estimate of drug-likeness (QED) is 0.568. The van der Waals surface area contributed by atoms with Crippen LogP contribution in [0.5, 0.6) is 17.2 Å². The van der Waals surface area contributed by atoms with Gasteiger partial charge in [0.15, 0.2) is 16.6 Å². The van der Waals surface area contributed by atoms with Crippen molar-refractivity contribution >= 4 is 22.4 Å². The van der Waals surface area contributed by atoms with Gasteiger partial charge in [0.25, 0.3) is 0 Å². The Balaban J connectivity index is 1.46. The number of carbonyl (C=O) groups excluding carboxylic acids is 1. The van der Waals surface area contributed by atoms with Crippen LogP contribution in [-0.2, 0) is 24.1 Å². The molecule has 2 aromatic carbocycles. The zero-order valence-electron chi connectivity index (χ0n) is 18.0. The fourth-order valence-electron chi connectivity index (χ4n) is 3.94. The largest absolute Gasteiger partial charge is 0.493 e. The number of amides is 1. The molecule has 4 rings (SSSR count). The Labute approximate surface area is 186 Å². The minimum Gasteiger partial charge on any atom is -0.493 e. The van der Waals surface area contributed by atoms with Crippen molar-refractivity contribution in [3.05, 3.63) is 52.4 Å². The monoisotopic (exact) mass is 438 g/mol. The van der Waals surface area contributed by atoms with E-state index in [0.29, 0.717) is 22.4 Å². The van der Waals surface area contributed by atoms with Crippen LogP contribution in [-0.4, -0.2) is 32.2 Å². The number of ether oxygens (including phenoxy) is 3. The summed E-state index contributed by atoms with van der Waals surface area (Å²) in [5.41, 5.74) is 5.62. The van der Waals surface area contributed by atoms with Crippen molar-refractivity contribution in [2.24, 2.45) is 0 Å². The molecule has 0 atom stereocenters. The molecule has 0 radical (unpaired) electrons. The molecule has 1 aromatic heterocycles. The van der Waals surface area contributed by atoms with Gasteiger partial charge >= 0.3 is 0 Å². The van der Waals surface area contributed by atoms with Gasteiger partial charge in [0, 0.05) is 10.9 Å².